The average Bonchev–Trinajstić information content (AvgIpc) is 2.47. The predicted molar refractivity (Wildman–Crippen MR) is 75.6 cm³/mol. The number of hydrazine groups is 1. The minimum absolute atomic E-state index is 0.174. The van der Waals surface area contributed by atoms with Crippen molar-refractivity contribution in [2.45, 2.75) is 19.6 Å². The molecule has 1 N–H and O–H groups in total. The molecule has 1 aliphatic heterocycles. The zero-order valence-electron chi connectivity index (χ0n) is 11.0. The summed E-state index contributed by atoms with van der Waals surface area (Å²) in [6, 6.07) is 15.1. The van der Waals surface area contributed by atoms with Gasteiger partial charge in [-0.3, -0.25) is 15.5 Å². The molecule has 0 aliphatic carbocycles. The highest BCUT2D eigenvalue weighted by molar-refractivity contribution is 5.39. The molecule has 0 amide bonds. The van der Waals surface area contributed by atoms with E-state index in [1.807, 2.05) is 23.2 Å². The molecule has 0 radical (unpaired) electrons. The SMILES string of the molecule is O=[N+]([O-])c1ccccc1CN1Cc2ccccc2CN1. The first-order chi connectivity index (χ1) is 9.74. The zero-order chi connectivity index (χ0) is 13.9. The number of nitrogens with one attached hydrogen (secondary N) is 1. The van der Waals surface area contributed by atoms with E-state index in [0.717, 1.165) is 18.7 Å². The molecule has 5 nitrogen and oxygen atoms in total. The number of para-hydroxylation sites is 1. The molecule has 0 bridgehead atoms. The summed E-state index contributed by atoms with van der Waals surface area (Å²) in [7, 11) is 0. The molecule has 102 valence electrons. The fourth-order valence-corrected chi connectivity index (χ4v) is 2.48. The predicted octanol–water partition coefficient (Wildman–Crippen LogP) is 2.62. The summed E-state index contributed by atoms with van der Waals surface area (Å²) in [6.07, 6.45) is 0. The average molecular weight is 269 g/mol. The highest BCUT2D eigenvalue weighted by Gasteiger charge is 2.19. The second-order valence-electron chi connectivity index (χ2n) is 4.85. The van der Waals surface area contributed by atoms with Gasteiger partial charge in [-0.15, -0.1) is 0 Å². The van der Waals surface area contributed by atoms with Gasteiger partial charge in [-0.2, -0.15) is 0 Å². The maximum absolute atomic E-state index is 11.0. The Morgan fingerprint density at radius 3 is 2.60 bits per heavy atom. The maximum Gasteiger partial charge on any atom is 0.273 e. The van der Waals surface area contributed by atoms with Gasteiger partial charge in [-0.05, 0) is 11.1 Å². The van der Waals surface area contributed by atoms with Crippen LogP contribution in [0.5, 0.6) is 0 Å². The van der Waals surface area contributed by atoms with Crippen LogP contribution in [0.15, 0.2) is 48.5 Å². The van der Waals surface area contributed by atoms with Crippen molar-refractivity contribution in [3.05, 3.63) is 75.3 Å². The number of hydrogen-bond acceptors (Lipinski definition) is 4. The van der Waals surface area contributed by atoms with Crippen LogP contribution in [0.4, 0.5) is 5.69 Å². The molecule has 1 heterocycles. The Bertz CT molecular complexity index is 643. The van der Waals surface area contributed by atoms with Gasteiger partial charge in [-0.1, -0.05) is 42.5 Å². The van der Waals surface area contributed by atoms with Crippen LogP contribution in [-0.4, -0.2) is 9.93 Å². The summed E-state index contributed by atoms with van der Waals surface area (Å²) in [4.78, 5) is 10.7. The molecule has 20 heavy (non-hydrogen) atoms. The van der Waals surface area contributed by atoms with E-state index >= 15 is 0 Å². The Morgan fingerprint density at radius 1 is 1.10 bits per heavy atom. The third kappa shape index (κ3) is 2.54. The van der Waals surface area contributed by atoms with Crippen LogP contribution in [0.3, 0.4) is 0 Å². The quantitative estimate of drug-likeness (QED) is 0.687. The highest BCUT2D eigenvalue weighted by atomic mass is 16.6. The Morgan fingerprint density at radius 2 is 1.80 bits per heavy atom. The van der Waals surface area contributed by atoms with Gasteiger partial charge < -0.3 is 0 Å². The molecule has 0 aromatic heterocycles. The van der Waals surface area contributed by atoms with Crippen molar-refractivity contribution in [2.75, 3.05) is 0 Å². The fourth-order valence-electron chi connectivity index (χ4n) is 2.48. The van der Waals surface area contributed by atoms with Crippen molar-refractivity contribution in [1.82, 2.24) is 10.4 Å². The van der Waals surface area contributed by atoms with E-state index in [9.17, 15) is 10.1 Å². The molecule has 0 fully saturated rings. The van der Waals surface area contributed by atoms with E-state index in [0.29, 0.717) is 6.54 Å². The Kier molecular flexibility index (Phi) is 3.45. The molecule has 0 saturated heterocycles. The largest absolute Gasteiger partial charge is 0.273 e. The van der Waals surface area contributed by atoms with Crippen molar-refractivity contribution >= 4 is 5.69 Å². The van der Waals surface area contributed by atoms with Gasteiger partial charge in [0.05, 0.1) is 4.92 Å². The van der Waals surface area contributed by atoms with E-state index < -0.39 is 0 Å². The first-order valence-corrected chi connectivity index (χ1v) is 6.51. The van der Waals surface area contributed by atoms with Crippen molar-refractivity contribution in [3.8, 4) is 0 Å². The van der Waals surface area contributed by atoms with Crippen LogP contribution in [0, 0.1) is 10.1 Å². The van der Waals surface area contributed by atoms with E-state index in [1.54, 1.807) is 18.2 Å². The zero-order valence-corrected chi connectivity index (χ0v) is 11.0. The van der Waals surface area contributed by atoms with E-state index in [4.69, 9.17) is 0 Å². The van der Waals surface area contributed by atoms with Gasteiger partial charge in [0.1, 0.15) is 0 Å². The molecule has 0 saturated carbocycles. The molecular weight excluding hydrogens is 254 g/mol. The molecular formula is C15H15N3O2. The second kappa shape index (κ2) is 5.40. The number of nitro benzene ring substituents is 1. The highest BCUT2D eigenvalue weighted by Crippen LogP contribution is 2.22. The lowest BCUT2D eigenvalue weighted by molar-refractivity contribution is -0.385. The number of nitro groups is 1. The molecule has 0 atom stereocenters. The molecule has 1 aliphatic rings. The van der Waals surface area contributed by atoms with Gasteiger partial charge in [-0.25, -0.2) is 5.01 Å². The summed E-state index contributed by atoms with van der Waals surface area (Å²) in [6.45, 7) is 2.03. The molecule has 2 aromatic rings. The summed E-state index contributed by atoms with van der Waals surface area (Å²) in [5.74, 6) is 0. The van der Waals surface area contributed by atoms with E-state index in [2.05, 4.69) is 17.6 Å². The Hall–Kier alpha value is -2.24. The lowest BCUT2D eigenvalue weighted by Gasteiger charge is -2.29. The summed E-state index contributed by atoms with van der Waals surface area (Å²) in [5, 5.41) is 13.0. The topological polar surface area (TPSA) is 58.4 Å². The van der Waals surface area contributed by atoms with Crippen molar-refractivity contribution in [3.63, 3.8) is 0 Å². The van der Waals surface area contributed by atoms with E-state index in [1.165, 1.54) is 11.1 Å². The third-order valence-electron chi connectivity index (χ3n) is 3.52. The van der Waals surface area contributed by atoms with Crippen LogP contribution in [0.25, 0.3) is 0 Å². The van der Waals surface area contributed by atoms with E-state index in [-0.39, 0.29) is 10.6 Å². The first kappa shape index (κ1) is 12.8. The van der Waals surface area contributed by atoms with Crippen LogP contribution < -0.4 is 5.43 Å². The molecule has 0 unspecified atom stereocenters. The summed E-state index contributed by atoms with van der Waals surface area (Å²) < 4.78 is 0. The lowest BCUT2D eigenvalue weighted by atomic mass is 10.1. The normalized spacial score (nSPS) is 14.8. The fraction of sp³-hybridized carbons (Fsp3) is 0.200. The summed E-state index contributed by atoms with van der Waals surface area (Å²) >= 11 is 0. The molecule has 0 spiro atoms. The number of nitrogens with zero attached hydrogens (tertiary/aromatic N) is 2. The smallest absolute Gasteiger partial charge is 0.258 e. The third-order valence-corrected chi connectivity index (χ3v) is 3.52. The minimum Gasteiger partial charge on any atom is -0.258 e. The molecule has 2 aromatic carbocycles. The van der Waals surface area contributed by atoms with Gasteiger partial charge in [0.25, 0.3) is 5.69 Å². The molecule has 3 rings (SSSR count). The second-order valence-corrected chi connectivity index (χ2v) is 4.85. The molecule has 5 heteroatoms. The standard InChI is InChI=1S/C15H15N3O2/c19-18(20)15-8-4-3-7-14(15)11-17-10-13-6-2-1-5-12(13)9-16-17/h1-8,16H,9-11H2. The number of fused-ring (bicyclic) bond motifs is 1. The summed E-state index contributed by atoms with van der Waals surface area (Å²) in [5.41, 5.74) is 6.75. The van der Waals surface area contributed by atoms with Gasteiger partial charge in [0.2, 0.25) is 0 Å². The van der Waals surface area contributed by atoms with Gasteiger partial charge >= 0.3 is 0 Å². The first-order valence-electron chi connectivity index (χ1n) is 6.51. The van der Waals surface area contributed by atoms with Crippen LogP contribution in [-0.2, 0) is 19.6 Å². The van der Waals surface area contributed by atoms with Crippen LogP contribution in [0.2, 0.25) is 0 Å². The number of rotatable bonds is 3. The Labute approximate surface area is 117 Å². The lowest BCUT2D eigenvalue weighted by Crippen LogP contribution is -2.40. The van der Waals surface area contributed by atoms with Crippen molar-refractivity contribution < 1.29 is 4.92 Å². The maximum atomic E-state index is 11.0. The van der Waals surface area contributed by atoms with Crippen LogP contribution in [0.1, 0.15) is 16.7 Å². The van der Waals surface area contributed by atoms with Crippen molar-refractivity contribution in [2.24, 2.45) is 0 Å². The van der Waals surface area contributed by atoms with Gasteiger partial charge in [0, 0.05) is 31.3 Å². The number of benzene rings is 2. The monoisotopic (exact) mass is 269 g/mol. The Balaban J connectivity index is 1.79. The minimum atomic E-state index is -0.326. The number of hydrogen-bond donors (Lipinski definition) is 1. The van der Waals surface area contributed by atoms with Gasteiger partial charge in [0.15, 0.2) is 0 Å². The van der Waals surface area contributed by atoms with Crippen molar-refractivity contribution in [1.29, 1.82) is 0 Å². The van der Waals surface area contributed by atoms with Crippen LogP contribution >= 0.6 is 0 Å².